The van der Waals surface area contributed by atoms with Crippen molar-refractivity contribution in [3.63, 3.8) is 0 Å². The van der Waals surface area contributed by atoms with Crippen LogP contribution in [0, 0.1) is 6.92 Å². The first-order chi connectivity index (χ1) is 9.66. The fraction of sp³-hybridized carbons (Fsp3) is 0.154. The number of alkyl halides is 3. The maximum Gasteiger partial charge on any atom is 0.416 e. The molecule has 1 aromatic carbocycles. The molecule has 3 nitrogen and oxygen atoms in total. The van der Waals surface area contributed by atoms with E-state index in [-0.39, 0.29) is 11.6 Å². The Labute approximate surface area is 132 Å². The van der Waals surface area contributed by atoms with Gasteiger partial charge in [0.15, 0.2) is 0 Å². The summed E-state index contributed by atoms with van der Waals surface area (Å²) in [5.74, 6) is -0.232. The molecule has 0 spiro atoms. The fourth-order valence-corrected chi connectivity index (χ4v) is 2.38. The van der Waals surface area contributed by atoms with E-state index < -0.39 is 11.7 Å². The van der Waals surface area contributed by atoms with Gasteiger partial charge in [0, 0.05) is 9.50 Å². The molecular weight excluding hydrogens is 371 g/mol. The topological polar surface area (TPSA) is 50.9 Å². The minimum absolute atomic E-state index is 0.0112. The Morgan fingerprint density at radius 3 is 2.52 bits per heavy atom. The average molecular weight is 381 g/mol. The van der Waals surface area contributed by atoms with Crippen molar-refractivity contribution in [2.45, 2.75) is 13.1 Å². The quantitative estimate of drug-likeness (QED) is 0.757. The van der Waals surface area contributed by atoms with Crippen LogP contribution in [-0.2, 0) is 6.18 Å². The first-order valence-electron chi connectivity index (χ1n) is 5.74. The summed E-state index contributed by atoms with van der Waals surface area (Å²) in [6.45, 7) is 1.82. The molecule has 0 amide bonds. The van der Waals surface area contributed by atoms with E-state index >= 15 is 0 Å². The molecule has 1 heterocycles. The minimum atomic E-state index is -4.49. The van der Waals surface area contributed by atoms with Gasteiger partial charge in [0.05, 0.1) is 11.3 Å². The van der Waals surface area contributed by atoms with Crippen molar-refractivity contribution in [2.24, 2.45) is 0 Å². The number of nitrogens with two attached hydrogens (primary N) is 1. The van der Waals surface area contributed by atoms with Crippen molar-refractivity contribution in [1.82, 2.24) is 4.98 Å². The van der Waals surface area contributed by atoms with Gasteiger partial charge in [-0.15, -0.1) is 0 Å². The van der Waals surface area contributed by atoms with E-state index in [1.807, 2.05) is 6.92 Å². The molecule has 0 radical (unpaired) electrons. The summed E-state index contributed by atoms with van der Waals surface area (Å²) < 4.78 is 38.9. The zero-order valence-corrected chi connectivity index (χ0v) is 13.1. The molecule has 0 aliphatic heterocycles. The predicted molar refractivity (Wildman–Crippen MR) is 80.8 cm³/mol. The maximum atomic E-state index is 12.7. The number of benzene rings is 1. The Kier molecular flexibility index (Phi) is 4.34. The Morgan fingerprint density at radius 1 is 1.24 bits per heavy atom. The second kappa shape index (κ2) is 5.73. The Balaban J connectivity index is 2.40. The number of pyridine rings is 1. The molecule has 0 fully saturated rings. The summed E-state index contributed by atoms with van der Waals surface area (Å²) in [4.78, 5) is 3.84. The van der Waals surface area contributed by atoms with Gasteiger partial charge >= 0.3 is 6.18 Å². The summed E-state index contributed by atoms with van der Waals surface area (Å²) in [5, 5.41) is 3.26. The van der Waals surface area contributed by atoms with Crippen LogP contribution in [0.1, 0.15) is 11.1 Å². The molecule has 8 heteroatoms. The number of nitrogens with zero attached hydrogens (tertiary/aromatic N) is 1. The first kappa shape index (κ1) is 15.9. The van der Waals surface area contributed by atoms with Gasteiger partial charge in [-0.25, -0.2) is 4.98 Å². The number of nitrogens with one attached hydrogen (secondary N) is 1. The van der Waals surface area contributed by atoms with Crippen LogP contribution < -0.4 is 11.1 Å². The summed E-state index contributed by atoms with van der Waals surface area (Å²) in [6, 6.07) is 5.01. The molecule has 3 N–H and O–H groups in total. The number of nitrogen functional groups attached to an aromatic ring is 1. The lowest BCUT2D eigenvalue weighted by Gasteiger charge is -2.13. The summed E-state index contributed by atoms with van der Waals surface area (Å²) in [7, 11) is 0. The van der Waals surface area contributed by atoms with E-state index in [4.69, 9.17) is 17.3 Å². The van der Waals surface area contributed by atoms with Gasteiger partial charge < -0.3 is 11.1 Å². The number of aromatic nitrogens is 1. The van der Waals surface area contributed by atoms with Crippen LogP contribution in [0.15, 0.2) is 28.7 Å². The van der Waals surface area contributed by atoms with Crippen molar-refractivity contribution in [3.05, 3.63) is 44.9 Å². The maximum absolute atomic E-state index is 12.7. The van der Waals surface area contributed by atoms with E-state index in [9.17, 15) is 13.2 Å². The van der Waals surface area contributed by atoms with Crippen LogP contribution in [0.5, 0.6) is 0 Å². The van der Waals surface area contributed by atoms with Gasteiger partial charge in [0.2, 0.25) is 0 Å². The van der Waals surface area contributed by atoms with Crippen LogP contribution in [0.2, 0.25) is 5.02 Å². The van der Waals surface area contributed by atoms with Crippen LogP contribution >= 0.6 is 27.5 Å². The number of hydrogen-bond donors (Lipinski definition) is 2. The SMILES string of the molecule is Cc1cc(Br)c(Nc2cc(C(F)(F)F)cc(N)n2)cc1Cl. The molecule has 2 rings (SSSR count). The molecule has 112 valence electrons. The number of hydrogen-bond acceptors (Lipinski definition) is 3. The van der Waals surface area contributed by atoms with E-state index in [0.29, 0.717) is 15.2 Å². The molecule has 0 aliphatic carbocycles. The van der Waals surface area contributed by atoms with Crippen molar-refractivity contribution in [2.75, 3.05) is 11.1 Å². The predicted octanol–water partition coefficient (Wildman–Crippen LogP) is 5.15. The average Bonchev–Trinajstić information content (AvgIpc) is 2.34. The summed E-state index contributed by atoms with van der Waals surface area (Å²) in [6.07, 6.45) is -4.49. The molecule has 2 aromatic rings. The number of anilines is 3. The summed E-state index contributed by atoms with van der Waals surface area (Å²) in [5.41, 5.74) is 5.88. The van der Waals surface area contributed by atoms with Gasteiger partial charge in [0.25, 0.3) is 0 Å². The molecule has 0 bridgehead atoms. The highest BCUT2D eigenvalue weighted by molar-refractivity contribution is 9.10. The van der Waals surface area contributed by atoms with Gasteiger partial charge in [0.1, 0.15) is 11.6 Å². The molecule has 0 saturated carbocycles. The van der Waals surface area contributed by atoms with Crippen molar-refractivity contribution in [3.8, 4) is 0 Å². The molecular formula is C13H10BrClF3N3. The van der Waals surface area contributed by atoms with Crippen molar-refractivity contribution < 1.29 is 13.2 Å². The van der Waals surface area contributed by atoms with Gasteiger partial charge in [-0.3, -0.25) is 0 Å². The lowest BCUT2D eigenvalue weighted by atomic mass is 10.2. The van der Waals surface area contributed by atoms with E-state index in [0.717, 1.165) is 17.7 Å². The Morgan fingerprint density at radius 2 is 1.90 bits per heavy atom. The third kappa shape index (κ3) is 3.79. The highest BCUT2D eigenvalue weighted by Crippen LogP contribution is 2.34. The van der Waals surface area contributed by atoms with Crippen LogP contribution in [0.3, 0.4) is 0 Å². The summed E-state index contributed by atoms with van der Waals surface area (Å²) >= 11 is 9.31. The number of rotatable bonds is 2. The standard InChI is InChI=1S/C13H10BrClF3N3/c1-6-2-8(14)10(5-9(6)15)20-12-4-7(13(16,17)18)3-11(19)21-12/h2-5H,1H3,(H3,19,20,21). The highest BCUT2D eigenvalue weighted by Gasteiger charge is 2.31. The Hall–Kier alpha value is -1.47. The minimum Gasteiger partial charge on any atom is -0.384 e. The lowest BCUT2D eigenvalue weighted by Crippen LogP contribution is -2.08. The van der Waals surface area contributed by atoms with E-state index in [1.54, 1.807) is 12.1 Å². The van der Waals surface area contributed by atoms with Crippen LogP contribution in [0.25, 0.3) is 0 Å². The third-order valence-electron chi connectivity index (χ3n) is 2.68. The monoisotopic (exact) mass is 379 g/mol. The molecule has 21 heavy (non-hydrogen) atoms. The molecule has 1 aromatic heterocycles. The van der Waals surface area contributed by atoms with Gasteiger partial charge in [-0.1, -0.05) is 11.6 Å². The lowest BCUT2D eigenvalue weighted by molar-refractivity contribution is -0.137. The van der Waals surface area contributed by atoms with Gasteiger partial charge in [-0.05, 0) is 52.7 Å². The van der Waals surface area contributed by atoms with E-state index in [1.165, 1.54) is 0 Å². The second-order valence-corrected chi connectivity index (χ2v) is 5.63. The molecule has 0 atom stereocenters. The number of aryl methyl sites for hydroxylation is 1. The van der Waals surface area contributed by atoms with Crippen molar-refractivity contribution >= 4 is 44.9 Å². The first-order valence-corrected chi connectivity index (χ1v) is 6.91. The zero-order chi connectivity index (χ0) is 15.8. The van der Waals surface area contributed by atoms with E-state index in [2.05, 4.69) is 26.2 Å². The number of halogens is 5. The van der Waals surface area contributed by atoms with Crippen LogP contribution in [0.4, 0.5) is 30.5 Å². The molecule has 0 aliphatic rings. The van der Waals surface area contributed by atoms with Crippen LogP contribution in [-0.4, -0.2) is 4.98 Å². The highest BCUT2D eigenvalue weighted by atomic mass is 79.9. The van der Waals surface area contributed by atoms with Crippen molar-refractivity contribution in [1.29, 1.82) is 0 Å². The molecule has 0 saturated heterocycles. The largest absolute Gasteiger partial charge is 0.416 e. The normalized spacial score (nSPS) is 11.5. The zero-order valence-electron chi connectivity index (χ0n) is 10.7. The Bertz CT molecular complexity index is 689. The smallest absolute Gasteiger partial charge is 0.384 e. The second-order valence-electron chi connectivity index (χ2n) is 4.37. The van der Waals surface area contributed by atoms with Gasteiger partial charge in [-0.2, -0.15) is 13.2 Å². The molecule has 0 unspecified atom stereocenters. The third-order valence-corrected chi connectivity index (χ3v) is 3.75. The fourth-order valence-electron chi connectivity index (χ4n) is 1.66.